The Labute approximate surface area is 182 Å². The maximum atomic E-state index is 6.87. The van der Waals surface area contributed by atoms with E-state index in [0.717, 1.165) is 54.5 Å². The number of halogens is 1. The van der Waals surface area contributed by atoms with Gasteiger partial charge in [0, 0.05) is 38.0 Å². The Bertz CT molecular complexity index is 1790. The molecule has 0 saturated carbocycles. The zero-order chi connectivity index (χ0) is 20.5. The first-order valence-electron chi connectivity index (χ1n) is 10.3. The maximum absolute atomic E-state index is 6.87. The summed E-state index contributed by atoms with van der Waals surface area (Å²) in [4.78, 5) is 0. The molecule has 0 aliphatic rings. The lowest BCUT2D eigenvalue weighted by atomic mass is 10.0. The molecule has 2 heterocycles. The van der Waals surface area contributed by atoms with Gasteiger partial charge in [-0.15, -0.1) is 0 Å². The van der Waals surface area contributed by atoms with Crippen molar-refractivity contribution in [3.63, 3.8) is 0 Å². The molecule has 7 aromatic rings. The summed E-state index contributed by atoms with van der Waals surface area (Å²) in [6.45, 7) is 0. The number of benzene rings is 5. The van der Waals surface area contributed by atoms with E-state index in [4.69, 9.17) is 16.0 Å². The van der Waals surface area contributed by atoms with Crippen LogP contribution in [0.3, 0.4) is 0 Å². The summed E-state index contributed by atoms with van der Waals surface area (Å²) in [7, 11) is 0. The summed E-state index contributed by atoms with van der Waals surface area (Å²) < 4.78 is 8.71. The van der Waals surface area contributed by atoms with Crippen molar-refractivity contribution in [3.05, 3.63) is 102 Å². The summed E-state index contributed by atoms with van der Waals surface area (Å²) in [5.41, 5.74) is 5.13. The van der Waals surface area contributed by atoms with Gasteiger partial charge < -0.3 is 8.98 Å². The standard InChI is InChI=1S/C28H16ClNO/c29-22-16-24-26(21-11-4-6-12-23(21)30(24)17-8-2-1-3-9-17)27-20(22)15-14-19-18-10-5-7-13-25(18)31-28(19)27/h1-16H. The maximum Gasteiger partial charge on any atom is 0.143 e. The van der Waals surface area contributed by atoms with Crippen LogP contribution in [-0.2, 0) is 0 Å². The number of nitrogens with zero attached hydrogens (tertiary/aromatic N) is 1. The number of fused-ring (bicyclic) bond motifs is 9. The fraction of sp³-hybridized carbons (Fsp3) is 0. The molecule has 5 aromatic carbocycles. The van der Waals surface area contributed by atoms with Crippen molar-refractivity contribution >= 4 is 66.1 Å². The van der Waals surface area contributed by atoms with Gasteiger partial charge in [0.25, 0.3) is 0 Å². The molecule has 0 atom stereocenters. The van der Waals surface area contributed by atoms with Gasteiger partial charge >= 0.3 is 0 Å². The van der Waals surface area contributed by atoms with E-state index in [-0.39, 0.29) is 0 Å². The van der Waals surface area contributed by atoms with Gasteiger partial charge in [0.1, 0.15) is 11.2 Å². The Morgan fingerprint density at radius 3 is 2.16 bits per heavy atom. The van der Waals surface area contributed by atoms with E-state index in [1.54, 1.807) is 0 Å². The minimum absolute atomic E-state index is 0.727. The molecule has 0 fully saturated rings. The number of aromatic nitrogens is 1. The second-order valence-electron chi connectivity index (χ2n) is 7.90. The smallest absolute Gasteiger partial charge is 0.143 e. The molecule has 0 radical (unpaired) electrons. The van der Waals surface area contributed by atoms with E-state index in [0.29, 0.717) is 0 Å². The average molecular weight is 418 g/mol. The van der Waals surface area contributed by atoms with Crippen molar-refractivity contribution in [2.75, 3.05) is 0 Å². The van der Waals surface area contributed by atoms with E-state index in [1.807, 2.05) is 18.2 Å². The first kappa shape index (κ1) is 17.0. The van der Waals surface area contributed by atoms with Crippen LogP contribution in [0.4, 0.5) is 0 Å². The monoisotopic (exact) mass is 417 g/mol. The Kier molecular flexibility index (Phi) is 3.36. The highest BCUT2D eigenvalue weighted by atomic mass is 35.5. The van der Waals surface area contributed by atoms with Crippen LogP contribution in [0.1, 0.15) is 0 Å². The Balaban J connectivity index is 1.80. The van der Waals surface area contributed by atoms with Crippen molar-refractivity contribution in [2.45, 2.75) is 0 Å². The van der Waals surface area contributed by atoms with Gasteiger partial charge in [-0.25, -0.2) is 0 Å². The molecule has 0 aliphatic carbocycles. The molecule has 0 saturated heterocycles. The molecule has 31 heavy (non-hydrogen) atoms. The molecule has 0 amide bonds. The highest BCUT2D eigenvalue weighted by Crippen LogP contribution is 2.44. The van der Waals surface area contributed by atoms with Gasteiger partial charge in [0.15, 0.2) is 0 Å². The summed E-state index contributed by atoms with van der Waals surface area (Å²) in [5, 5.41) is 7.41. The molecule has 0 bridgehead atoms. The van der Waals surface area contributed by atoms with Gasteiger partial charge in [-0.2, -0.15) is 0 Å². The van der Waals surface area contributed by atoms with Gasteiger partial charge in [0.05, 0.1) is 16.1 Å². The van der Waals surface area contributed by atoms with Crippen molar-refractivity contribution in [2.24, 2.45) is 0 Å². The number of para-hydroxylation sites is 3. The van der Waals surface area contributed by atoms with Crippen molar-refractivity contribution in [1.29, 1.82) is 0 Å². The van der Waals surface area contributed by atoms with Gasteiger partial charge in [0.2, 0.25) is 0 Å². The van der Waals surface area contributed by atoms with E-state index < -0.39 is 0 Å². The largest absolute Gasteiger partial charge is 0.455 e. The van der Waals surface area contributed by atoms with Crippen LogP contribution in [0.5, 0.6) is 0 Å². The van der Waals surface area contributed by atoms with Gasteiger partial charge in [-0.1, -0.05) is 72.3 Å². The van der Waals surface area contributed by atoms with Crippen LogP contribution in [0.25, 0.3) is 60.2 Å². The minimum Gasteiger partial charge on any atom is -0.455 e. The van der Waals surface area contributed by atoms with E-state index in [2.05, 4.69) is 83.4 Å². The SMILES string of the molecule is Clc1cc2c(c3ccccc3n2-c2ccccc2)c2c1ccc1c3ccccc3oc12. The lowest BCUT2D eigenvalue weighted by molar-refractivity contribution is 0.673. The Hall–Kier alpha value is -3.75. The summed E-state index contributed by atoms with van der Waals surface area (Å²) in [6, 6.07) is 33.5. The Morgan fingerprint density at radius 1 is 0.581 bits per heavy atom. The minimum atomic E-state index is 0.727. The molecule has 0 N–H and O–H groups in total. The highest BCUT2D eigenvalue weighted by molar-refractivity contribution is 6.41. The highest BCUT2D eigenvalue weighted by Gasteiger charge is 2.20. The molecular weight excluding hydrogens is 402 g/mol. The van der Waals surface area contributed by atoms with Crippen LogP contribution < -0.4 is 0 Å². The molecule has 0 aliphatic heterocycles. The predicted octanol–water partition coefficient (Wildman–Crippen LogP) is 8.49. The summed E-state index contributed by atoms with van der Waals surface area (Å²) in [5.74, 6) is 0. The van der Waals surface area contributed by atoms with E-state index in [1.165, 1.54) is 10.8 Å². The second kappa shape index (κ2) is 6.13. The number of furan rings is 1. The summed E-state index contributed by atoms with van der Waals surface area (Å²) in [6.07, 6.45) is 0. The molecule has 2 aromatic heterocycles. The topological polar surface area (TPSA) is 18.1 Å². The first-order valence-corrected chi connectivity index (χ1v) is 10.7. The quantitative estimate of drug-likeness (QED) is 0.262. The van der Waals surface area contributed by atoms with Gasteiger partial charge in [-0.05, 0) is 36.4 Å². The molecule has 3 heteroatoms. The lowest BCUT2D eigenvalue weighted by Gasteiger charge is -2.09. The first-order chi connectivity index (χ1) is 15.3. The second-order valence-corrected chi connectivity index (χ2v) is 8.31. The zero-order valence-electron chi connectivity index (χ0n) is 16.5. The number of rotatable bonds is 1. The zero-order valence-corrected chi connectivity index (χ0v) is 17.2. The van der Waals surface area contributed by atoms with Crippen molar-refractivity contribution < 1.29 is 4.42 Å². The fourth-order valence-electron chi connectivity index (χ4n) is 4.95. The molecule has 146 valence electrons. The van der Waals surface area contributed by atoms with E-state index >= 15 is 0 Å². The van der Waals surface area contributed by atoms with Crippen molar-refractivity contribution in [3.8, 4) is 5.69 Å². The third kappa shape index (κ3) is 2.23. The van der Waals surface area contributed by atoms with E-state index in [9.17, 15) is 0 Å². The normalized spacial score (nSPS) is 12.0. The molecule has 7 rings (SSSR count). The van der Waals surface area contributed by atoms with Crippen LogP contribution in [0, 0.1) is 0 Å². The van der Waals surface area contributed by atoms with Crippen LogP contribution in [0.2, 0.25) is 5.02 Å². The Morgan fingerprint density at radius 2 is 1.29 bits per heavy atom. The van der Waals surface area contributed by atoms with Crippen LogP contribution >= 0.6 is 11.6 Å². The fourth-order valence-corrected chi connectivity index (χ4v) is 5.21. The molecule has 0 spiro atoms. The van der Waals surface area contributed by atoms with Crippen LogP contribution in [0.15, 0.2) is 101 Å². The van der Waals surface area contributed by atoms with Gasteiger partial charge in [-0.3, -0.25) is 0 Å². The predicted molar refractivity (Wildman–Crippen MR) is 131 cm³/mol. The summed E-state index contributed by atoms with van der Waals surface area (Å²) >= 11 is 6.87. The average Bonchev–Trinajstić information content (AvgIpc) is 3.35. The van der Waals surface area contributed by atoms with Crippen molar-refractivity contribution in [1.82, 2.24) is 4.57 Å². The third-order valence-electron chi connectivity index (χ3n) is 6.24. The van der Waals surface area contributed by atoms with Crippen LogP contribution in [-0.4, -0.2) is 4.57 Å². The lowest BCUT2D eigenvalue weighted by Crippen LogP contribution is -1.93. The molecule has 0 unspecified atom stereocenters. The number of hydrogen-bond donors (Lipinski definition) is 0. The molecular formula is C28H16ClNO. The third-order valence-corrected chi connectivity index (χ3v) is 6.56. The molecule has 2 nitrogen and oxygen atoms in total. The number of hydrogen-bond acceptors (Lipinski definition) is 1.